The maximum atomic E-state index is 12.4. The monoisotopic (exact) mass is 246 g/mol. The minimum absolute atomic E-state index is 0.153. The number of nitrogen functional groups attached to an aromatic ring is 1. The normalized spacial score (nSPS) is 18.2. The number of benzene rings is 1. The van der Waals surface area contributed by atoms with E-state index in [9.17, 15) is 9.59 Å². The molecule has 96 valence electrons. The summed E-state index contributed by atoms with van der Waals surface area (Å²) >= 11 is 0. The van der Waals surface area contributed by atoms with Crippen LogP contribution in [0, 0.1) is 0 Å². The van der Waals surface area contributed by atoms with Crippen molar-refractivity contribution in [2.45, 2.75) is 39.2 Å². The Balaban J connectivity index is 2.69. The Kier molecular flexibility index (Phi) is 2.69. The molecule has 1 aromatic rings. The van der Waals surface area contributed by atoms with E-state index in [1.54, 1.807) is 18.2 Å². The summed E-state index contributed by atoms with van der Waals surface area (Å²) in [6, 6.07) is 5.00. The molecule has 1 heterocycles. The molecule has 0 atom stereocenters. The number of anilines is 1. The fourth-order valence-electron chi connectivity index (χ4n) is 2.39. The van der Waals surface area contributed by atoms with Gasteiger partial charge in [-0.3, -0.25) is 14.5 Å². The molecule has 18 heavy (non-hydrogen) atoms. The number of carbonyl (C=O) groups excluding carboxylic acids is 2. The predicted octanol–water partition coefficient (Wildman–Crippen LogP) is 1.94. The number of fused-ring (bicyclic) bond motifs is 1. The number of nitrogens with zero attached hydrogens (tertiary/aromatic N) is 1. The van der Waals surface area contributed by atoms with Crippen LogP contribution in [0.5, 0.6) is 0 Å². The van der Waals surface area contributed by atoms with Gasteiger partial charge in [0.2, 0.25) is 5.91 Å². The highest BCUT2D eigenvalue weighted by molar-refractivity contribution is 6.13. The number of hydrogen-bond acceptors (Lipinski definition) is 3. The van der Waals surface area contributed by atoms with Gasteiger partial charge in [-0.25, -0.2) is 0 Å². The number of nitrogens with two attached hydrogens (primary N) is 1. The van der Waals surface area contributed by atoms with Gasteiger partial charge in [0.05, 0.1) is 5.41 Å². The van der Waals surface area contributed by atoms with Crippen LogP contribution < -0.4 is 5.73 Å². The van der Waals surface area contributed by atoms with E-state index in [0.29, 0.717) is 11.3 Å². The largest absolute Gasteiger partial charge is 0.399 e. The summed E-state index contributed by atoms with van der Waals surface area (Å²) in [7, 11) is 0. The lowest BCUT2D eigenvalue weighted by atomic mass is 9.76. The van der Waals surface area contributed by atoms with Gasteiger partial charge < -0.3 is 5.73 Å². The topological polar surface area (TPSA) is 63.4 Å². The fraction of sp³-hybridized carbons (Fsp3) is 0.429. The summed E-state index contributed by atoms with van der Waals surface area (Å²) in [6.45, 7) is 7.35. The molecule has 0 fully saturated rings. The highest BCUT2D eigenvalue weighted by Crippen LogP contribution is 2.36. The Bertz CT molecular complexity index is 533. The van der Waals surface area contributed by atoms with Gasteiger partial charge in [0, 0.05) is 17.3 Å². The van der Waals surface area contributed by atoms with E-state index in [0.717, 1.165) is 5.56 Å². The van der Waals surface area contributed by atoms with E-state index in [1.165, 1.54) is 4.90 Å². The zero-order valence-corrected chi connectivity index (χ0v) is 11.2. The van der Waals surface area contributed by atoms with Gasteiger partial charge in [0.1, 0.15) is 0 Å². The maximum Gasteiger partial charge on any atom is 0.261 e. The second-order valence-corrected chi connectivity index (χ2v) is 5.50. The zero-order valence-electron chi connectivity index (χ0n) is 11.2. The lowest BCUT2D eigenvalue weighted by Crippen LogP contribution is -2.54. The summed E-state index contributed by atoms with van der Waals surface area (Å²) in [5, 5.41) is 0. The van der Waals surface area contributed by atoms with Crippen LogP contribution in [-0.2, 0) is 10.2 Å². The van der Waals surface area contributed by atoms with Crippen molar-refractivity contribution in [2.75, 3.05) is 5.73 Å². The van der Waals surface area contributed by atoms with Crippen LogP contribution >= 0.6 is 0 Å². The minimum Gasteiger partial charge on any atom is -0.399 e. The van der Waals surface area contributed by atoms with Gasteiger partial charge in [-0.15, -0.1) is 0 Å². The van der Waals surface area contributed by atoms with Crippen LogP contribution in [0.1, 0.15) is 43.6 Å². The average molecular weight is 246 g/mol. The van der Waals surface area contributed by atoms with Crippen molar-refractivity contribution in [3.8, 4) is 0 Å². The van der Waals surface area contributed by atoms with Gasteiger partial charge in [0.25, 0.3) is 5.91 Å². The van der Waals surface area contributed by atoms with Crippen molar-refractivity contribution in [1.82, 2.24) is 4.90 Å². The van der Waals surface area contributed by atoms with Crippen molar-refractivity contribution in [3.05, 3.63) is 29.3 Å². The molecule has 2 rings (SSSR count). The first-order valence-electron chi connectivity index (χ1n) is 6.05. The van der Waals surface area contributed by atoms with Crippen LogP contribution in [0.2, 0.25) is 0 Å². The third-order valence-electron chi connectivity index (χ3n) is 3.44. The minimum atomic E-state index is -0.693. The van der Waals surface area contributed by atoms with Gasteiger partial charge in [-0.1, -0.05) is 6.07 Å². The zero-order chi connectivity index (χ0) is 13.7. The van der Waals surface area contributed by atoms with E-state index < -0.39 is 5.41 Å². The second kappa shape index (κ2) is 3.83. The van der Waals surface area contributed by atoms with E-state index >= 15 is 0 Å². The van der Waals surface area contributed by atoms with Gasteiger partial charge in [-0.2, -0.15) is 0 Å². The molecule has 1 aromatic carbocycles. The van der Waals surface area contributed by atoms with Crippen LogP contribution in [0.4, 0.5) is 5.69 Å². The molecule has 0 unspecified atom stereocenters. The predicted molar refractivity (Wildman–Crippen MR) is 70.2 cm³/mol. The number of amides is 2. The lowest BCUT2D eigenvalue weighted by Gasteiger charge is -2.39. The molecule has 0 saturated carbocycles. The average Bonchev–Trinajstić information content (AvgIpc) is 2.26. The Labute approximate surface area is 107 Å². The lowest BCUT2D eigenvalue weighted by molar-refractivity contribution is -0.135. The SMILES string of the molecule is CC(C)N1C(=O)c2cc(N)ccc2C(C)(C)C1=O. The first-order valence-corrected chi connectivity index (χ1v) is 6.05. The molecule has 4 heteroatoms. The number of rotatable bonds is 1. The third-order valence-corrected chi connectivity index (χ3v) is 3.44. The molecule has 0 aromatic heterocycles. The van der Waals surface area contributed by atoms with Crippen LogP contribution in [0.15, 0.2) is 18.2 Å². The van der Waals surface area contributed by atoms with Crippen LogP contribution in [-0.4, -0.2) is 22.8 Å². The van der Waals surface area contributed by atoms with Crippen molar-refractivity contribution in [3.63, 3.8) is 0 Å². The smallest absolute Gasteiger partial charge is 0.261 e. The highest BCUT2D eigenvalue weighted by atomic mass is 16.2. The summed E-state index contributed by atoms with van der Waals surface area (Å²) in [4.78, 5) is 26.1. The number of carbonyl (C=O) groups is 2. The molecular weight excluding hydrogens is 228 g/mol. The van der Waals surface area contributed by atoms with E-state index in [-0.39, 0.29) is 17.9 Å². The molecule has 0 saturated heterocycles. The summed E-state index contributed by atoms with van der Waals surface area (Å²) in [6.07, 6.45) is 0. The summed E-state index contributed by atoms with van der Waals surface area (Å²) < 4.78 is 0. The molecule has 2 amide bonds. The van der Waals surface area contributed by atoms with Crippen molar-refractivity contribution < 1.29 is 9.59 Å². The Morgan fingerprint density at radius 2 is 1.83 bits per heavy atom. The Morgan fingerprint density at radius 1 is 1.22 bits per heavy atom. The summed E-state index contributed by atoms with van der Waals surface area (Å²) in [5.74, 6) is -0.406. The van der Waals surface area contributed by atoms with E-state index in [2.05, 4.69) is 0 Å². The molecule has 0 bridgehead atoms. The van der Waals surface area contributed by atoms with Crippen LogP contribution in [0.25, 0.3) is 0 Å². The standard InChI is InChI=1S/C14H18N2O2/c1-8(2)16-12(17)10-7-9(15)5-6-11(10)14(3,4)13(16)18/h5-8H,15H2,1-4H3. The number of imide groups is 1. The van der Waals surface area contributed by atoms with Crippen molar-refractivity contribution in [2.24, 2.45) is 0 Å². The molecule has 4 nitrogen and oxygen atoms in total. The molecule has 0 radical (unpaired) electrons. The van der Waals surface area contributed by atoms with E-state index in [1.807, 2.05) is 27.7 Å². The van der Waals surface area contributed by atoms with Crippen LogP contribution in [0.3, 0.4) is 0 Å². The first kappa shape index (κ1) is 12.6. The van der Waals surface area contributed by atoms with Crippen molar-refractivity contribution in [1.29, 1.82) is 0 Å². The number of hydrogen-bond donors (Lipinski definition) is 1. The molecule has 1 aliphatic rings. The van der Waals surface area contributed by atoms with Gasteiger partial charge in [-0.05, 0) is 45.4 Å². The van der Waals surface area contributed by atoms with Gasteiger partial charge >= 0.3 is 0 Å². The fourth-order valence-corrected chi connectivity index (χ4v) is 2.39. The maximum absolute atomic E-state index is 12.4. The molecular formula is C14H18N2O2. The van der Waals surface area contributed by atoms with Gasteiger partial charge in [0.15, 0.2) is 0 Å². The first-order chi connectivity index (χ1) is 8.26. The molecule has 1 aliphatic heterocycles. The third kappa shape index (κ3) is 1.60. The Morgan fingerprint density at radius 3 is 2.39 bits per heavy atom. The summed E-state index contributed by atoms with van der Waals surface area (Å²) in [5.41, 5.74) is 6.87. The Hall–Kier alpha value is -1.84. The van der Waals surface area contributed by atoms with Crippen molar-refractivity contribution >= 4 is 17.5 Å². The second-order valence-electron chi connectivity index (χ2n) is 5.50. The highest BCUT2D eigenvalue weighted by Gasteiger charge is 2.45. The molecule has 0 spiro atoms. The van der Waals surface area contributed by atoms with E-state index in [4.69, 9.17) is 5.73 Å². The molecule has 2 N–H and O–H groups in total. The quantitative estimate of drug-likeness (QED) is 0.608. The molecule has 0 aliphatic carbocycles.